The van der Waals surface area contributed by atoms with Crippen LogP contribution in [0.5, 0.6) is 0 Å². The average Bonchev–Trinajstić information content (AvgIpc) is 2.57. The SMILES string of the molecule is CCC(C(=O)Nc1cc(C)cc(C)c1)n1c(=O)cc(C)c2cc(C)cc(C)c21. The number of carbonyl (C=O) groups excluding carboxylic acids is 1. The fourth-order valence-corrected chi connectivity index (χ4v) is 4.09. The van der Waals surface area contributed by atoms with E-state index in [2.05, 4.69) is 23.5 Å². The van der Waals surface area contributed by atoms with Gasteiger partial charge in [0.2, 0.25) is 5.91 Å². The Kier molecular flexibility index (Phi) is 5.41. The zero-order valence-corrected chi connectivity index (χ0v) is 17.5. The maximum absolute atomic E-state index is 13.2. The number of anilines is 1. The number of hydrogen-bond donors (Lipinski definition) is 1. The number of aromatic nitrogens is 1. The topological polar surface area (TPSA) is 51.1 Å². The fraction of sp³-hybridized carbons (Fsp3) is 0.333. The monoisotopic (exact) mass is 376 g/mol. The second-order valence-electron chi connectivity index (χ2n) is 7.80. The summed E-state index contributed by atoms with van der Waals surface area (Å²) >= 11 is 0. The van der Waals surface area contributed by atoms with Gasteiger partial charge in [0.05, 0.1) is 5.52 Å². The van der Waals surface area contributed by atoms with Crippen molar-refractivity contribution in [2.24, 2.45) is 0 Å². The van der Waals surface area contributed by atoms with E-state index in [1.807, 2.05) is 53.7 Å². The second kappa shape index (κ2) is 7.63. The van der Waals surface area contributed by atoms with Crippen LogP contribution in [0.15, 0.2) is 41.2 Å². The summed E-state index contributed by atoms with van der Waals surface area (Å²) in [6, 6.07) is 11.2. The van der Waals surface area contributed by atoms with Crippen molar-refractivity contribution in [3.05, 3.63) is 74.6 Å². The number of nitrogens with zero attached hydrogens (tertiary/aromatic N) is 1. The van der Waals surface area contributed by atoms with Gasteiger partial charge in [-0.25, -0.2) is 0 Å². The molecule has 0 saturated carbocycles. The van der Waals surface area contributed by atoms with Crippen molar-refractivity contribution in [1.82, 2.24) is 4.57 Å². The lowest BCUT2D eigenvalue weighted by Gasteiger charge is -2.22. The van der Waals surface area contributed by atoms with Gasteiger partial charge in [-0.3, -0.25) is 14.2 Å². The number of fused-ring (bicyclic) bond motifs is 1. The van der Waals surface area contributed by atoms with E-state index >= 15 is 0 Å². The Morgan fingerprint density at radius 2 is 1.50 bits per heavy atom. The number of aryl methyl sites for hydroxylation is 5. The highest BCUT2D eigenvalue weighted by atomic mass is 16.2. The van der Waals surface area contributed by atoms with Crippen molar-refractivity contribution >= 4 is 22.5 Å². The van der Waals surface area contributed by atoms with Crippen LogP contribution in [0.4, 0.5) is 5.69 Å². The van der Waals surface area contributed by atoms with Crippen molar-refractivity contribution in [2.45, 2.75) is 54.0 Å². The molecule has 0 bridgehead atoms. The van der Waals surface area contributed by atoms with Crippen LogP contribution in [-0.2, 0) is 4.79 Å². The summed E-state index contributed by atoms with van der Waals surface area (Å²) in [4.78, 5) is 26.1. The lowest BCUT2D eigenvalue weighted by molar-refractivity contribution is -0.119. The van der Waals surface area contributed by atoms with Gasteiger partial charge in [0, 0.05) is 17.1 Å². The van der Waals surface area contributed by atoms with Crippen LogP contribution in [0.3, 0.4) is 0 Å². The predicted octanol–water partition coefficient (Wildman–Crippen LogP) is 5.13. The number of amides is 1. The standard InChI is InChI=1S/C24H28N2O2/c1-7-21(24(28)25-19-10-14(2)8-15(3)11-19)26-22(27)13-17(5)20-12-16(4)9-18(6)23(20)26/h8-13,21H,7H2,1-6H3,(H,25,28). The summed E-state index contributed by atoms with van der Waals surface area (Å²) in [6.07, 6.45) is 0.530. The van der Waals surface area contributed by atoms with Crippen LogP contribution < -0.4 is 10.9 Å². The Bertz CT molecular complexity index is 1110. The molecule has 1 amide bonds. The van der Waals surface area contributed by atoms with Crippen LogP contribution in [0.1, 0.15) is 47.2 Å². The highest BCUT2D eigenvalue weighted by molar-refractivity contribution is 5.95. The van der Waals surface area contributed by atoms with Gasteiger partial charge >= 0.3 is 0 Å². The molecule has 4 nitrogen and oxygen atoms in total. The molecule has 3 rings (SSSR count). The quantitative estimate of drug-likeness (QED) is 0.686. The van der Waals surface area contributed by atoms with E-state index in [-0.39, 0.29) is 11.5 Å². The van der Waals surface area contributed by atoms with Crippen molar-refractivity contribution in [3.8, 4) is 0 Å². The minimum absolute atomic E-state index is 0.139. The molecule has 4 heteroatoms. The van der Waals surface area contributed by atoms with Crippen molar-refractivity contribution < 1.29 is 4.79 Å². The molecule has 1 atom stereocenters. The normalized spacial score (nSPS) is 12.2. The maximum atomic E-state index is 13.2. The minimum atomic E-state index is -0.571. The zero-order valence-electron chi connectivity index (χ0n) is 17.5. The van der Waals surface area contributed by atoms with Crippen LogP contribution in [0.25, 0.3) is 10.9 Å². The zero-order chi connectivity index (χ0) is 20.6. The van der Waals surface area contributed by atoms with E-state index in [1.54, 1.807) is 10.6 Å². The summed E-state index contributed by atoms with van der Waals surface area (Å²) in [5.74, 6) is -0.167. The van der Waals surface area contributed by atoms with Gasteiger partial charge in [-0.2, -0.15) is 0 Å². The molecular formula is C24H28N2O2. The molecular weight excluding hydrogens is 348 g/mol. The first-order valence-corrected chi connectivity index (χ1v) is 9.73. The molecule has 0 aliphatic carbocycles. The first-order chi connectivity index (χ1) is 13.2. The highest BCUT2D eigenvalue weighted by Crippen LogP contribution is 2.26. The number of rotatable bonds is 4. The summed E-state index contributed by atoms with van der Waals surface area (Å²) < 4.78 is 1.66. The van der Waals surface area contributed by atoms with Gasteiger partial charge in [-0.05, 0) is 81.5 Å². The molecule has 1 aromatic heterocycles. The van der Waals surface area contributed by atoms with Gasteiger partial charge in [0.25, 0.3) is 5.56 Å². The first kappa shape index (κ1) is 19.9. The van der Waals surface area contributed by atoms with E-state index in [9.17, 15) is 9.59 Å². The first-order valence-electron chi connectivity index (χ1n) is 9.73. The van der Waals surface area contributed by atoms with Gasteiger partial charge in [-0.1, -0.05) is 24.6 Å². The van der Waals surface area contributed by atoms with Crippen LogP contribution >= 0.6 is 0 Å². The molecule has 0 aliphatic heterocycles. The smallest absolute Gasteiger partial charge is 0.252 e. The Hall–Kier alpha value is -2.88. The molecule has 0 radical (unpaired) electrons. The van der Waals surface area contributed by atoms with Gasteiger partial charge in [-0.15, -0.1) is 0 Å². The average molecular weight is 377 g/mol. The van der Waals surface area contributed by atoms with Crippen LogP contribution in [0, 0.1) is 34.6 Å². The Morgan fingerprint density at radius 1 is 0.893 bits per heavy atom. The van der Waals surface area contributed by atoms with E-state index in [4.69, 9.17) is 0 Å². The third-order valence-corrected chi connectivity index (χ3v) is 5.18. The molecule has 1 heterocycles. The third kappa shape index (κ3) is 3.72. The highest BCUT2D eigenvalue weighted by Gasteiger charge is 2.23. The molecule has 1 unspecified atom stereocenters. The molecule has 0 fully saturated rings. The second-order valence-corrected chi connectivity index (χ2v) is 7.80. The number of benzene rings is 2. The van der Waals surface area contributed by atoms with E-state index in [0.717, 1.165) is 44.4 Å². The van der Waals surface area contributed by atoms with Crippen molar-refractivity contribution in [1.29, 1.82) is 0 Å². The minimum Gasteiger partial charge on any atom is -0.324 e. The Balaban J connectivity index is 2.13. The van der Waals surface area contributed by atoms with Crippen LogP contribution in [-0.4, -0.2) is 10.5 Å². The molecule has 0 aliphatic rings. The Labute approximate surface area is 166 Å². The van der Waals surface area contributed by atoms with Gasteiger partial charge < -0.3 is 5.32 Å². The number of nitrogens with one attached hydrogen (secondary N) is 1. The van der Waals surface area contributed by atoms with Crippen molar-refractivity contribution in [3.63, 3.8) is 0 Å². The molecule has 3 aromatic rings. The number of hydrogen-bond acceptors (Lipinski definition) is 2. The summed E-state index contributed by atoms with van der Waals surface area (Å²) in [6.45, 7) is 11.9. The van der Waals surface area contributed by atoms with Gasteiger partial charge in [0.15, 0.2) is 0 Å². The lowest BCUT2D eigenvalue weighted by atomic mass is 10.0. The molecule has 0 saturated heterocycles. The predicted molar refractivity (Wildman–Crippen MR) is 116 cm³/mol. The van der Waals surface area contributed by atoms with Crippen LogP contribution in [0.2, 0.25) is 0 Å². The maximum Gasteiger partial charge on any atom is 0.252 e. The Morgan fingerprint density at radius 3 is 2.11 bits per heavy atom. The summed E-state index contributed by atoms with van der Waals surface area (Å²) in [7, 11) is 0. The largest absolute Gasteiger partial charge is 0.324 e. The van der Waals surface area contributed by atoms with E-state index in [1.165, 1.54) is 0 Å². The number of carbonyl (C=O) groups is 1. The lowest BCUT2D eigenvalue weighted by Crippen LogP contribution is -2.33. The number of pyridine rings is 1. The van der Waals surface area contributed by atoms with Crippen molar-refractivity contribution in [2.75, 3.05) is 5.32 Å². The molecule has 146 valence electrons. The molecule has 1 N–H and O–H groups in total. The van der Waals surface area contributed by atoms with Gasteiger partial charge in [0.1, 0.15) is 6.04 Å². The third-order valence-electron chi connectivity index (χ3n) is 5.18. The van der Waals surface area contributed by atoms with E-state index < -0.39 is 6.04 Å². The van der Waals surface area contributed by atoms with E-state index in [0.29, 0.717) is 6.42 Å². The summed E-state index contributed by atoms with van der Waals surface area (Å²) in [5, 5.41) is 4.03. The summed E-state index contributed by atoms with van der Waals surface area (Å²) in [5.41, 5.74) is 6.74. The molecule has 0 spiro atoms. The molecule has 2 aromatic carbocycles. The molecule has 28 heavy (non-hydrogen) atoms. The fourth-order valence-electron chi connectivity index (χ4n) is 4.09.